The minimum Gasteiger partial charge on any atom is -0.472 e. The standard InChI is InChI=1S/C12H15NO3/c14-11-7-10(9-1-4-16-8-9)12(13-11)2-5-15-6-3-12/h1,4,8,10H,2-3,5-7H2,(H,13,14). The van der Waals surface area contributed by atoms with Crippen LogP contribution in [-0.2, 0) is 9.53 Å². The zero-order valence-electron chi connectivity index (χ0n) is 9.07. The first-order chi connectivity index (χ1) is 7.80. The van der Waals surface area contributed by atoms with Crippen LogP contribution >= 0.6 is 0 Å². The fraction of sp³-hybridized carbons (Fsp3) is 0.583. The lowest BCUT2D eigenvalue weighted by molar-refractivity contribution is -0.120. The minimum atomic E-state index is -0.0980. The summed E-state index contributed by atoms with van der Waals surface area (Å²) in [5.74, 6) is 0.385. The van der Waals surface area contributed by atoms with E-state index in [-0.39, 0.29) is 17.4 Å². The van der Waals surface area contributed by atoms with Gasteiger partial charge in [0.25, 0.3) is 0 Å². The second-order valence-electron chi connectivity index (χ2n) is 4.63. The van der Waals surface area contributed by atoms with Gasteiger partial charge in [0.2, 0.25) is 5.91 Å². The molecular formula is C12H15NO3. The quantitative estimate of drug-likeness (QED) is 0.780. The molecule has 1 spiro atoms. The van der Waals surface area contributed by atoms with Crippen molar-refractivity contribution in [2.75, 3.05) is 13.2 Å². The molecule has 4 heteroatoms. The first-order valence-electron chi connectivity index (χ1n) is 5.71. The van der Waals surface area contributed by atoms with Crippen LogP contribution in [0.1, 0.15) is 30.7 Å². The lowest BCUT2D eigenvalue weighted by Gasteiger charge is -2.38. The molecule has 1 atom stereocenters. The molecule has 1 aromatic heterocycles. The molecule has 0 radical (unpaired) electrons. The van der Waals surface area contributed by atoms with Crippen molar-refractivity contribution in [1.29, 1.82) is 0 Å². The maximum absolute atomic E-state index is 11.6. The topological polar surface area (TPSA) is 51.5 Å². The van der Waals surface area contributed by atoms with Gasteiger partial charge >= 0.3 is 0 Å². The molecule has 1 unspecified atom stereocenters. The summed E-state index contributed by atoms with van der Waals surface area (Å²) in [6.07, 6.45) is 5.79. The average molecular weight is 221 g/mol. The van der Waals surface area contributed by atoms with Crippen molar-refractivity contribution in [1.82, 2.24) is 5.32 Å². The summed E-state index contributed by atoms with van der Waals surface area (Å²) in [7, 11) is 0. The van der Waals surface area contributed by atoms with Crippen LogP contribution in [0.2, 0.25) is 0 Å². The Morgan fingerprint density at radius 1 is 1.38 bits per heavy atom. The second-order valence-corrected chi connectivity index (χ2v) is 4.63. The molecule has 1 aromatic rings. The molecule has 1 amide bonds. The van der Waals surface area contributed by atoms with E-state index in [9.17, 15) is 4.79 Å². The van der Waals surface area contributed by atoms with Crippen LogP contribution in [0, 0.1) is 0 Å². The number of rotatable bonds is 1. The van der Waals surface area contributed by atoms with Crippen LogP contribution in [0.25, 0.3) is 0 Å². The predicted octanol–water partition coefficient (Wildman–Crippen LogP) is 1.43. The third-order valence-corrected chi connectivity index (χ3v) is 3.78. The first-order valence-corrected chi connectivity index (χ1v) is 5.71. The van der Waals surface area contributed by atoms with E-state index in [1.165, 1.54) is 0 Å². The molecule has 86 valence electrons. The maximum atomic E-state index is 11.6. The maximum Gasteiger partial charge on any atom is 0.221 e. The summed E-state index contributed by atoms with van der Waals surface area (Å²) < 4.78 is 10.5. The molecule has 16 heavy (non-hydrogen) atoms. The molecular weight excluding hydrogens is 206 g/mol. The van der Waals surface area contributed by atoms with E-state index in [0.29, 0.717) is 6.42 Å². The van der Waals surface area contributed by atoms with E-state index in [4.69, 9.17) is 9.15 Å². The molecule has 2 aliphatic rings. The van der Waals surface area contributed by atoms with Gasteiger partial charge in [-0.2, -0.15) is 0 Å². The van der Waals surface area contributed by atoms with Crippen LogP contribution in [0.3, 0.4) is 0 Å². The highest BCUT2D eigenvalue weighted by molar-refractivity contribution is 5.81. The van der Waals surface area contributed by atoms with Crippen molar-refractivity contribution >= 4 is 5.91 Å². The third-order valence-electron chi connectivity index (χ3n) is 3.78. The van der Waals surface area contributed by atoms with E-state index < -0.39 is 0 Å². The van der Waals surface area contributed by atoms with Gasteiger partial charge in [0.1, 0.15) is 0 Å². The van der Waals surface area contributed by atoms with E-state index >= 15 is 0 Å². The van der Waals surface area contributed by atoms with Crippen LogP contribution in [0.5, 0.6) is 0 Å². The molecule has 3 heterocycles. The number of carbonyl (C=O) groups is 1. The van der Waals surface area contributed by atoms with Crippen LogP contribution in [-0.4, -0.2) is 24.7 Å². The Morgan fingerprint density at radius 3 is 2.88 bits per heavy atom. The van der Waals surface area contributed by atoms with Crippen molar-refractivity contribution in [3.8, 4) is 0 Å². The van der Waals surface area contributed by atoms with Gasteiger partial charge in [-0.1, -0.05) is 0 Å². The Balaban J connectivity index is 1.93. The summed E-state index contributed by atoms with van der Waals surface area (Å²) in [6.45, 7) is 1.46. The van der Waals surface area contributed by atoms with Gasteiger partial charge in [-0.3, -0.25) is 4.79 Å². The molecule has 2 aliphatic heterocycles. The molecule has 0 aromatic carbocycles. The molecule has 1 N–H and O–H groups in total. The number of amides is 1. The van der Waals surface area contributed by atoms with Crippen molar-refractivity contribution in [2.45, 2.75) is 30.7 Å². The normalized spacial score (nSPS) is 28.2. The number of hydrogen-bond donors (Lipinski definition) is 1. The SMILES string of the molecule is O=C1CC(c2ccoc2)C2(CCOCC2)N1. The third kappa shape index (κ3) is 1.45. The highest BCUT2D eigenvalue weighted by atomic mass is 16.5. The summed E-state index contributed by atoms with van der Waals surface area (Å²) in [4.78, 5) is 11.6. The zero-order chi connectivity index (χ0) is 11.0. The Kier molecular flexibility index (Phi) is 2.24. The highest BCUT2D eigenvalue weighted by Crippen LogP contribution is 2.42. The van der Waals surface area contributed by atoms with E-state index in [2.05, 4.69) is 5.32 Å². The Bertz CT molecular complexity index is 379. The van der Waals surface area contributed by atoms with E-state index in [0.717, 1.165) is 31.6 Å². The molecule has 2 fully saturated rings. The van der Waals surface area contributed by atoms with Gasteiger partial charge in [0.15, 0.2) is 0 Å². The molecule has 4 nitrogen and oxygen atoms in total. The van der Waals surface area contributed by atoms with Crippen LogP contribution < -0.4 is 5.32 Å². The van der Waals surface area contributed by atoms with Gasteiger partial charge in [-0.25, -0.2) is 0 Å². The molecule has 0 saturated carbocycles. The summed E-state index contributed by atoms with van der Waals surface area (Å²) in [5, 5.41) is 3.15. The number of ether oxygens (including phenoxy) is 1. The summed E-state index contributed by atoms with van der Waals surface area (Å²) in [6, 6.07) is 1.96. The van der Waals surface area contributed by atoms with Crippen LogP contribution in [0.4, 0.5) is 0 Å². The lowest BCUT2D eigenvalue weighted by Crippen LogP contribution is -2.49. The fourth-order valence-electron chi connectivity index (χ4n) is 2.92. The molecule has 0 bridgehead atoms. The van der Waals surface area contributed by atoms with Crippen LogP contribution in [0.15, 0.2) is 23.0 Å². The van der Waals surface area contributed by atoms with E-state index in [1.807, 2.05) is 6.07 Å². The minimum absolute atomic E-state index is 0.0980. The predicted molar refractivity (Wildman–Crippen MR) is 57.0 cm³/mol. The molecule has 3 rings (SSSR count). The van der Waals surface area contributed by atoms with Crippen molar-refractivity contribution in [3.63, 3.8) is 0 Å². The largest absolute Gasteiger partial charge is 0.472 e. The highest BCUT2D eigenvalue weighted by Gasteiger charge is 2.48. The van der Waals surface area contributed by atoms with Crippen molar-refractivity contribution < 1.29 is 13.9 Å². The van der Waals surface area contributed by atoms with Gasteiger partial charge in [-0.05, 0) is 24.5 Å². The van der Waals surface area contributed by atoms with Gasteiger partial charge in [0.05, 0.1) is 18.1 Å². The number of furan rings is 1. The zero-order valence-corrected chi connectivity index (χ0v) is 9.07. The number of carbonyl (C=O) groups excluding carboxylic acids is 1. The van der Waals surface area contributed by atoms with Gasteiger partial charge < -0.3 is 14.5 Å². The Hall–Kier alpha value is -1.29. The smallest absolute Gasteiger partial charge is 0.221 e. The second kappa shape index (κ2) is 3.63. The number of nitrogens with one attached hydrogen (secondary N) is 1. The lowest BCUT2D eigenvalue weighted by atomic mass is 9.76. The average Bonchev–Trinajstić information content (AvgIpc) is 2.88. The monoisotopic (exact) mass is 221 g/mol. The van der Waals surface area contributed by atoms with E-state index in [1.54, 1.807) is 12.5 Å². The van der Waals surface area contributed by atoms with Gasteiger partial charge in [-0.15, -0.1) is 0 Å². The van der Waals surface area contributed by atoms with Gasteiger partial charge in [0, 0.05) is 25.6 Å². The molecule has 2 saturated heterocycles. The molecule has 0 aliphatic carbocycles. The summed E-state index contributed by atoms with van der Waals surface area (Å²) in [5.41, 5.74) is 1.03. The first kappa shape index (κ1) is 9.90. The number of hydrogen-bond acceptors (Lipinski definition) is 3. The Labute approximate surface area is 94.0 Å². The Morgan fingerprint density at radius 2 is 2.19 bits per heavy atom. The summed E-state index contributed by atoms with van der Waals surface area (Å²) >= 11 is 0. The van der Waals surface area contributed by atoms with Crippen molar-refractivity contribution in [2.24, 2.45) is 0 Å². The van der Waals surface area contributed by atoms with Crippen molar-refractivity contribution in [3.05, 3.63) is 24.2 Å². The fourth-order valence-corrected chi connectivity index (χ4v) is 2.92.